The van der Waals surface area contributed by atoms with Crippen LogP contribution in [-0.2, 0) is 0 Å². The maximum absolute atomic E-state index is 12.1. The molecule has 2 N–H and O–H groups in total. The number of aromatic nitrogens is 1. The lowest BCUT2D eigenvalue weighted by Crippen LogP contribution is -2.45. The van der Waals surface area contributed by atoms with Crippen molar-refractivity contribution in [1.82, 2.24) is 15.2 Å². The van der Waals surface area contributed by atoms with E-state index in [0.717, 1.165) is 17.8 Å². The van der Waals surface area contributed by atoms with Crippen LogP contribution in [0.25, 0.3) is 0 Å². The Morgan fingerprint density at radius 3 is 2.94 bits per heavy atom. The van der Waals surface area contributed by atoms with Crippen LogP contribution in [0.1, 0.15) is 30.8 Å². The van der Waals surface area contributed by atoms with Gasteiger partial charge >= 0.3 is 6.03 Å². The highest BCUT2D eigenvalue weighted by Crippen LogP contribution is 2.41. The van der Waals surface area contributed by atoms with E-state index in [4.69, 9.17) is 5.11 Å². The van der Waals surface area contributed by atoms with Gasteiger partial charge in [0.1, 0.15) is 5.01 Å². The molecule has 1 heterocycles. The number of hydrogen-bond donors (Lipinski definition) is 2. The summed E-state index contributed by atoms with van der Waals surface area (Å²) in [6.45, 7) is 1.78. The topological polar surface area (TPSA) is 65.5 Å². The maximum Gasteiger partial charge on any atom is 0.318 e. The Morgan fingerprint density at radius 1 is 1.72 bits per heavy atom. The summed E-state index contributed by atoms with van der Waals surface area (Å²) in [7, 11) is 1.70. The molecule has 1 fully saturated rings. The van der Waals surface area contributed by atoms with E-state index in [2.05, 4.69) is 10.3 Å². The molecule has 2 rings (SSSR count). The third kappa shape index (κ3) is 3.00. The number of aliphatic hydroxyl groups excluding tert-OH is 1. The number of amides is 2. The molecule has 0 aromatic carbocycles. The van der Waals surface area contributed by atoms with Gasteiger partial charge in [0.05, 0.1) is 18.7 Å². The van der Waals surface area contributed by atoms with E-state index < -0.39 is 0 Å². The van der Waals surface area contributed by atoms with Crippen molar-refractivity contribution in [2.45, 2.75) is 31.8 Å². The van der Waals surface area contributed by atoms with Gasteiger partial charge in [-0.3, -0.25) is 0 Å². The zero-order valence-corrected chi connectivity index (χ0v) is 11.5. The highest BCUT2D eigenvalue weighted by Gasteiger charge is 2.35. The molecular formula is C12H19N3O2S. The van der Waals surface area contributed by atoms with Crippen LogP contribution in [0.3, 0.4) is 0 Å². The molecule has 6 heteroatoms. The summed E-state index contributed by atoms with van der Waals surface area (Å²) in [5.41, 5.74) is 0. The Morgan fingerprint density at radius 2 is 2.44 bits per heavy atom. The monoisotopic (exact) mass is 269 g/mol. The lowest BCUT2D eigenvalue weighted by atomic mass is 10.2. The Hall–Kier alpha value is -1.14. The molecule has 1 aliphatic rings. The van der Waals surface area contributed by atoms with Crippen molar-refractivity contribution in [3.05, 3.63) is 16.6 Å². The van der Waals surface area contributed by atoms with Crippen molar-refractivity contribution in [3.8, 4) is 0 Å². The first-order valence-corrected chi connectivity index (χ1v) is 7.05. The van der Waals surface area contributed by atoms with E-state index in [1.165, 1.54) is 4.90 Å². The number of aliphatic hydroxyl groups is 1. The number of urea groups is 1. The lowest BCUT2D eigenvalue weighted by Gasteiger charge is -2.26. The Labute approximate surface area is 111 Å². The van der Waals surface area contributed by atoms with Crippen LogP contribution < -0.4 is 5.32 Å². The summed E-state index contributed by atoms with van der Waals surface area (Å²) in [4.78, 5) is 17.9. The number of rotatable bonds is 5. The Kier molecular flexibility index (Phi) is 4.19. The first-order chi connectivity index (χ1) is 8.63. The molecule has 0 aliphatic heterocycles. The molecule has 0 spiro atoms. The molecule has 2 unspecified atom stereocenters. The van der Waals surface area contributed by atoms with Crippen LogP contribution in [0.5, 0.6) is 0 Å². The molecule has 1 aromatic rings. The number of nitrogens with zero attached hydrogens (tertiary/aromatic N) is 2. The van der Waals surface area contributed by atoms with E-state index in [1.54, 1.807) is 24.6 Å². The van der Waals surface area contributed by atoms with Crippen molar-refractivity contribution in [2.75, 3.05) is 13.7 Å². The fraction of sp³-hybridized carbons (Fsp3) is 0.667. The average molecular weight is 269 g/mol. The van der Waals surface area contributed by atoms with Crippen LogP contribution in [0.4, 0.5) is 4.79 Å². The lowest BCUT2D eigenvalue weighted by molar-refractivity contribution is 0.154. The minimum Gasteiger partial charge on any atom is -0.394 e. The molecule has 1 saturated carbocycles. The van der Waals surface area contributed by atoms with Crippen molar-refractivity contribution in [2.24, 2.45) is 5.92 Å². The summed E-state index contributed by atoms with van der Waals surface area (Å²) >= 11 is 1.57. The van der Waals surface area contributed by atoms with E-state index >= 15 is 0 Å². The highest BCUT2D eigenvalue weighted by atomic mass is 32.1. The minimum atomic E-state index is -0.179. The van der Waals surface area contributed by atoms with Gasteiger partial charge in [0.2, 0.25) is 0 Å². The summed E-state index contributed by atoms with van der Waals surface area (Å²) < 4.78 is 0. The van der Waals surface area contributed by atoms with Gasteiger partial charge in [-0.25, -0.2) is 9.78 Å². The quantitative estimate of drug-likeness (QED) is 0.853. The predicted octanol–water partition coefficient (Wildman–Crippen LogP) is 1.62. The zero-order valence-electron chi connectivity index (χ0n) is 10.7. The molecule has 18 heavy (non-hydrogen) atoms. The van der Waals surface area contributed by atoms with Gasteiger partial charge in [-0.1, -0.05) is 0 Å². The molecule has 1 aromatic heterocycles. The molecule has 0 radical (unpaired) electrons. The normalized spacial score (nSPS) is 18.2. The molecule has 0 saturated heterocycles. The highest BCUT2D eigenvalue weighted by molar-refractivity contribution is 7.09. The van der Waals surface area contributed by atoms with Crippen molar-refractivity contribution in [3.63, 3.8) is 0 Å². The van der Waals surface area contributed by atoms with E-state index in [1.807, 2.05) is 12.3 Å². The predicted molar refractivity (Wildman–Crippen MR) is 70.4 cm³/mol. The van der Waals surface area contributed by atoms with Gasteiger partial charge in [0, 0.05) is 18.6 Å². The second-order valence-electron chi connectivity index (χ2n) is 4.78. The first kappa shape index (κ1) is 13.3. The van der Waals surface area contributed by atoms with Gasteiger partial charge in [0.15, 0.2) is 0 Å². The number of carbonyl (C=O) groups excluding carboxylic acids is 1. The zero-order chi connectivity index (χ0) is 13.1. The average Bonchev–Trinajstić information content (AvgIpc) is 3.08. The fourth-order valence-electron chi connectivity index (χ4n) is 1.76. The number of hydrogen-bond acceptors (Lipinski definition) is 4. The van der Waals surface area contributed by atoms with Gasteiger partial charge in [-0.05, 0) is 25.7 Å². The van der Waals surface area contributed by atoms with E-state index in [0.29, 0.717) is 5.92 Å². The van der Waals surface area contributed by atoms with Crippen LogP contribution >= 0.6 is 11.3 Å². The second kappa shape index (κ2) is 5.67. The molecule has 100 valence electrons. The van der Waals surface area contributed by atoms with Crippen LogP contribution in [0, 0.1) is 5.92 Å². The first-order valence-electron chi connectivity index (χ1n) is 6.17. The van der Waals surface area contributed by atoms with Crippen LogP contribution in [-0.4, -0.2) is 40.7 Å². The SMILES string of the molecule is CC(CO)N(C)C(=O)NC(c1nccs1)C1CC1. The van der Waals surface area contributed by atoms with Gasteiger partial charge in [-0.15, -0.1) is 11.3 Å². The van der Waals surface area contributed by atoms with Gasteiger partial charge < -0.3 is 15.3 Å². The van der Waals surface area contributed by atoms with Crippen LogP contribution in [0.15, 0.2) is 11.6 Å². The maximum atomic E-state index is 12.1. The van der Waals surface area contributed by atoms with Gasteiger partial charge in [0.25, 0.3) is 0 Å². The molecular weight excluding hydrogens is 250 g/mol. The van der Waals surface area contributed by atoms with E-state index in [9.17, 15) is 4.79 Å². The van der Waals surface area contributed by atoms with Crippen molar-refractivity contribution in [1.29, 1.82) is 0 Å². The second-order valence-corrected chi connectivity index (χ2v) is 5.70. The summed E-state index contributed by atoms with van der Waals surface area (Å²) in [6, 6.07) is -0.310. The number of thiazole rings is 1. The molecule has 0 bridgehead atoms. The smallest absolute Gasteiger partial charge is 0.318 e. The third-order valence-corrected chi connectivity index (χ3v) is 4.19. The minimum absolute atomic E-state index is 0.0193. The summed E-state index contributed by atoms with van der Waals surface area (Å²) in [6.07, 6.45) is 4.05. The van der Waals surface area contributed by atoms with Crippen molar-refractivity contribution >= 4 is 17.4 Å². The standard InChI is InChI=1S/C12H19N3O2S/c1-8(7-16)15(2)12(17)14-10(9-3-4-9)11-13-5-6-18-11/h5-6,8-10,16H,3-4,7H2,1-2H3,(H,14,17). The Balaban J connectivity index is 1.99. The van der Waals surface area contributed by atoms with Crippen LogP contribution in [0.2, 0.25) is 0 Å². The molecule has 5 nitrogen and oxygen atoms in total. The number of likely N-dealkylation sites (N-methyl/N-ethyl adjacent to an activating group) is 1. The summed E-state index contributed by atoms with van der Waals surface area (Å²) in [5.74, 6) is 0.512. The fourth-order valence-corrected chi connectivity index (χ4v) is 2.54. The van der Waals surface area contributed by atoms with Crippen molar-refractivity contribution < 1.29 is 9.90 Å². The Bertz CT molecular complexity index is 392. The summed E-state index contributed by atoms with van der Waals surface area (Å²) in [5, 5.41) is 15.0. The van der Waals surface area contributed by atoms with E-state index in [-0.39, 0.29) is 24.7 Å². The molecule has 2 amide bonds. The van der Waals surface area contributed by atoms with Gasteiger partial charge in [-0.2, -0.15) is 0 Å². The molecule has 1 aliphatic carbocycles. The number of carbonyl (C=O) groups is 1. The third-order valence-electron chi connectivity index (χ3n) is 3.34. The largest absolute Gasteiger partial charge is 0.394 e. The molecule has 2 atom stereocenters. The number of nitrogens with one attached hydrogen (secondary N) is 1.